The average molecular weight is 289 g/mol. The van der Waals surface area contributed by atoms with E-state index in [-0.39, 0.29) is 6.04 Å². The van der Waals surface area contributed by atoms with Gasteiger partial charge in [0, 0.05) is 17.9 Å². The van der Waals surface area contributed by atoms with Crippen molar-refractivity contribution in [2.75, 3.05) is 5.32 Å². The summed E-state index contributed by atoms with van der Waals surface area (Å²) in [6, 6.07) is 5.54. The molecule has 2 aromatic heterocycles. The zero-order valence-electron chi connectivity index (χ0n) is 11.3. The molecule has 0 aromatic carbocycles. The number of rotatable bonds is 5. The van der Waals surface area contributed by atoms with E-state index in [2.05, 4.69) is 21.9 Å². The minimum Gasteiger partial charge on any atom is -0.338 e. The fourth-order valence-electron chi connectivity index (χ4n) is 1.74. The molecule has 0 unspecified atom stereocenters. The number of aromatic nitrogens is 2. The monoisotopic (exact) mass is 288 g/mol. The number of nitrogens with one attached hydrogen (secondary N) is 1. The first kappa shape index (κ1) is 14.5. The van der Waals surface area contributed by atoms with E-state index in [0.717, 1.165) is 16.9 Å². The van der Waals surface area contributed by atoms with Gasteiger partial charge in [-0.1, -0.05) is 17.7 Å². The molecule has 0 saturated carbocycles. The molecular weight excluding hydrogens is 272 g/mol. The molecular formula is C15H17ClN4. The molecule has 0 fully saturated rings. The van der Waals surface area contributed by atoms with E-state index in [4.69, 9.17) is 17.3 Å². The Hall–Kier alpha value is -1.91. The van der Waals surface area contributed by atoms with Crippen LogP contribution >= 0.6 is 11.6 Å². The first-order valence-electron chi connectivity index (χ1n) is 6.31. The highest BCUT2D eigenvalue weighted by Gasteiger charge is 2.09. The Balaban J connectivity index is 2.17. The lowest BCUT2D eigenvalue weighted by Gasteiger charge is -2.12. The molecule has 3 N–H and O–H groups in total. The Morgan fingerprint density at radius 3 is 2.80 bits per heavy atom. The summed E-state index contributed by atoms with van der Waals surface area (Å²) in [4.78, 5) is 8.52. The molecule has 0 aliphatic rings. The fourth-order valence-corrected chi connectivity index (χ4v) is 1.96. The summed E-state index contributed by atoms with van der Waals surface area (Å²) in [6.07, 6.45) is 5.93. The largest absolute Gasteiger partial charge is 0.338 e. The summed E-state index contributed by atoms with van der Waals surface area (Å²) in [5.41, 5.74) is 8.68. The normalized spacial score (nSPS) is 11.9. The third-order valence-electron chi connectivity index (χ3n) is 2.89. The minimum absolute atomic E-state index is 0.132. The van der Waals surface area contributed by atoms with Crippen molar-refractivity contribution in [1.29, 1.82) is 0 Å². The van der Waals surface area contributed by atoms with Crippen LogP contribution in [0.2, 0.25) is 5.02 Å². The van der Waals surface area contributed by atoms with Crippen molar-refractivity contribution in [1.82, 2.24) is 9.97 Å². The summed E-state index contributed by atoms with van der Waals surface area (Å²) in [6.45, 7) is 5.61. The van der Waals surface area contributed by atoms with Crippen LogP contribution < -0.4 is 11.1 Å². The Kier molecular flexibility index (Phi) is 4.71. The van der Waals surface area contributed by atoms with Gasteiger partial charge in [0.05, 0.1) is 16.9 Å². The number of pyridine rings is 2. The van der Waals surface area contributed by atoms with Crippen LogP contribution in [0.15, 0.2) is 43.2 Å². The van der Waals surface area contributed by atoms with Crippen LogP contribution in [0.3, 0.4) is 0 Å². The number of nitrogens with zero attached hydrogens (tertiary/aromatic N) is 2. The molecule has 0 aliphatic heterocycles. The van der Waals surface area contributed by atoms with Crippen LogP contribution in [0.25, 0.3) is 0 Å². The highest BCUT2D eigenvalue weighted by Crippen LogP contribution is 2.26. The van der Waals surface area contributed by atoms with Crippen LogP contribution in [0.5, 0.6) is 0 Å². The maximum Gasteiger partial charge on any atom is 0.149 e. The number of anilines is 2. The van der Waals surface area contributed by atoms with E-state index in [0.29, 0.717) is 17.3 Å². The van der Waals surface area contributed by atoms with Gasteiger partial charge in [-0.15, -0.1) is 6.58 Å². The van der Waals surface area contributed by atoms with Gasteiger partial charge in [0.15, 0.2) is 0 Å². The molecule has 4 nitrogen and oxygen atoms in total. The van der Waals surface area contributed by atoms with Gasteiger partial charge in [-0.3, -0.25) is 4.98 Å². The van der Waals surface area contributed by atoms with E-state index in [1.54, 1.807) is 18.5 Å². The lowest BCUT2D eigenvalue weighted by molar-refractivity contribution is 0.738. The third-order valence-corrected chi connectivity index (χ3v) is 3.17. The second-order valence-electron chi connectivity index (χ2n) is 4.54. The van der Waals surface area contributed by atoms with Crippen molar-refractivity contribution in [3.8, 4) is 0 Å². The molecule has 5 heteroatoms. The number of halogens is 1. The van der Waals surface area contributed by atoms with Gasteiger partial charge in [0.2, 0.25) is 0 Å². The maximum atomic E-state index is 6.23. The van der Waals surface area contributed by atoms with Gasteiger partial charge in [0.25, 0.3) is 0 Å². The van der Waals surface area contributed by atoms with Crippen LogP contribution in [-0.2, 0) is 0 Å². The van der Waals surface area contributed by atoms with Gasteiger partial charge >= 0.3 is 0 Å². The Morgan fingerprint density at radius 1 is 1.40 bits per heavy atom. The van der Waals surface area contributed by atoms with E-state index in [1.807, 2.05) is 25.1 Å². The molecule has 2 heterocycles. The first-order chi connectivity index (χ1) is 9.60. The average Bonchev–Trinajstić information content (AvgIpc) is 2.43. The lowest BCUT2D eigenvalue weighted by Crippen LogP contribution is -2.09. The number of nitrogens with two attached hydrogens (primary N) is 1. The zero-order valence-corrected chi connectivity index (χ0v) is 12.1. The molecule has 20 heavy (non-hydrogen) atoms. The minimum atomic E-state index is -0.132. The summed E-state index contributed by atoms with van der Waals surface area (Å²) in [5.74, 6) is 0.590. The Bertz CT molecular complexity index is 595. The molecule has 1 atom stereocenters. The summed E-state index contributed by atoms with van der Waals surface area (Å²) < 4.78 is 0. The predicted molar refractivity (Wildman–Crippen MR) is 83.2 cm³/mol. The molecule has 0 saturated heterocycles. The fraction of sp³-hybridized carbons (Fsp3) is 0.200. The van der Waals surface area contributed by atoms with Crippen LogP contribution in [0, 0.1) is 6.92 Å². The molecule has 0 bridgehead atoms. The van der Waals surface area contributed by atoms with Crippen molar-refractivity contribution in [2.24, 2.45) is 5.73 Å². The maximum absolute atomic E-state index is 6.23. The number of hydrogen-bond acceptors (Lipinski definition) is 4. The second-order valence-corrected chi connectivity index (χ2v) is 4.95. The molecule has 0 radical (unpaired) electrons. The number of hydrogen-bond donors (Lipinski definition) is 2. The van der Waals surface area contributed by atoms with Gasteiger partial charge in [-0.25, -0.2) is 4.98 Å². The van der Waals surface area contributed by atoms with Crippen molar-refractivity contribution in [3.05, 3.63) is 59.5 Å². The highest BCUT2D eigenvalue weighted by atomic mass is 35.5. The molecule has 2 aromatic rings. The molecule has 2 rings (SSSR count). The van der Waals surface area contributed by atoms with Crippen LogP contribution in [0.4, 0.5) is 11.5 Å². The molecule has 0 spiro atoms. The van der Waals surface area contributed by atoms with Crippen LogP contribution in [0.1, 0.15) is 23.7 Å². The summed E-state index contributed by atoms with van der Waals surface area (Å²) in [7, 11) is 0. The standard InChI is InChI=1S/C15H17ClN4/c1-3-4-14(17)11-7-13(16)15(19-8-11)20-12-6-5-10(2)18-9-12/h3,5-9,14H,1,4,17H2,2H3,(H,19,20)/t14-/m1/s1. The van der Waals surface area contributed by atoms with E-state index >= 15 is 0 Å². The molecule has 104 valence electrons. The van der Waals surface area contributed by atoms with E-state index < -0.39 is 0 Å². The van der Waals surface area contributed by atoms with Crippen molar-refractivity contribution >= 4 is 23.1 Å². The van der Waals surface area contributed by atoms with E-state index in [1.165, 1.54) is 0 Å². The Labute approximate surface area is 123 Å². The summed E-state index contributed by atoms with van der Waals surface area (Å²) >= 11 is 6.23. The number of aryl methyl sites for hydroxylation is 1. The van der Waals surface area contributed by atoms with Crippen molar-refractivity contribution in [3.63, 3.8) is 0 Å². The van der Waals surface area contributed by atoms with Crippen molar-refractivity contribution < 1.29 is 0 Å². The third kappa shape index (κ3) is 3.56. The SMILES string of the molecule is C=CC[C@@H](N)c1cnc(Nc2ccc(C)nc2)c(Cl)c1. The lowest BCUT2D eigenvalue weighted by atomic mass is 10.1. The Morgan fingerprint density at radius 2 is 2.20 bits per heavy atom. The molecule has 0 aliphatic carbocycles. The smallest absolute Gasteiger partial charge is 0.149 e. The van der Waals surface area contributed by atoms with Gasteiger partial charge in [-0.05, 0) is 37.1 Å². The molecule has 0 amide bonds. The second kappa shape index (κ2) is 6.50. The van der Waals surface area contributed by atoms with Crippen molar-refractivity contribution in [2.45, 2.75) is 19.4 Å². The quantitative estimate of drug-likeness (QED) is 0.822. The first-order valence-corrected chi connectivity index (χ1v) is 6.69. The van der Waals surface area contributed by atoms with Crippen LogP contribution in [-0.4, -0.2) is 9.97 Å². The predicted octanol–water partition coefficient (Wildman–Crippen LogP) is 3.76. The topological polar surface area (TPSA) is 63.8 Å². The van der Waals surface area contributed by atoms with E-state index in [9.17, 15) is 0 Å². The zero-order chi connectivity index (χ0) is 14.5. The summed E-state index contributed by atoms with van der Waals surface area (Å²) in [5, 5.41) is 3.66. The van der Waals surface area contributed by atoms with Gasteiger partial charge in [-0.2, -0.15) is 0 Å². The van der Waals surface area contributed by atoms with Gasteiger partial charge in [0.1, 0.15) is 5.82 Å². The van der Waals surface area contributed by atoms with Gasteiger partial charge < -0.3 is 11.1 Å². The highest BCUT2D eigenvalue weighted by molar-refractivity contribution is 6.33.